The van der Waals surface area contributed by atoms with E-state index in [0.717, 1.165) is 29.3 Å². The summed E-state index contributed by atoms with van der Waals surface area (Å²) in [6, 6.07) is 4.15. The summed E-state index contributed by atoms with van der Waals surface area (Å²) in [4.78, 5) is 4.38. The standard InChI is InChI=1S/C11H15BrN2/c12-10-3-4-11(14-7-10)5-8-1-2-9(8)6-13/h3-4,7-9H,1-2,5-6,13H2. The fraction of sp³-hybridized carbons (Fsp3) is 0.545. The van der Waals surface area contributed by atoms with E-state index in [1.54, 1.807) is 0 Å². The third-order valence-electron chi connectivity index (χ3n) is 3.14. The number of hydrogen-bond donors (Lipinski definition) is 1. The Kier molecular flexibility index (Phi) is 3.19. The van der Waals surface area contributed by atoms with Crippen LogP contribution in [-0.4, -0.2) is 11.5 Å². The van der Waals surface area contributed by atoms with Gasteiger partial charge in [0, 0.05) is 16.4 Å². The van der Waals surface area contributed by atoms with Gasteiger partial charge in [-0.3, -0.25) is 4.98 Å². The first-order valence-corrected chi connectivity index (χ1v) is 5.89. The molecule has 1 aliphatic carbocycles. The van der Waals surface area contributed by atoms with Gasteiger partial charge >= 0.3 is 0 Å². The van der Waals surface area contributed by atoms with Crippen molar-refractivity contribution in [3.8, 4) is 0 Å². The molecule has 1 aromatic rings. The molecule has 2 rings (SSSR count). The Morgan fingerprint density at radius 3 is 2.64 bits per heavy atom. The van der Waals surface area contributed by atoms with Crippen molar-refractivity contribution in [2.75, 3.05) is 6.54 Å². The minimum absolute atomic E-state index is 0.737. The van der Waals surface area contributed by atoms with Crippen molar-refractivity contribution in [1.29, 1.82) is 0 Å². The van der Waals surface area contributed by atoms with Crippen LogP contribution in [0.4, 0.5) is 0 Å². The average Bonchev–Trinajstić information content (AvgIpc) is 2.16. The molecule has 0 amide bonds. The van der Waals surface area contributed by atoms with Crippen LogP contribution < -0.4 is 5.73 Å². The van der Waals surface area contributed by atoms with E-state index >= 15 is 0 Å². The first-order valence-electron chi connectivity index (χ1n) is 5.10. The van der Waals surface area contributed by atoms with Crippen LogP contribution in [0.3, 0.4) is 0 Å². The molecule has 2 N–H and O–H groups in total. The number of rotatable bonds is 3. The molecule has 0 radical (unpaired) electrons. The van der Waals surface area contributed by atoms with Crippen molar-refractivity contribution >= 4 is 15.9 Å². The van der Waals surface area contributed by atoms with E-state index in [1.165, 1.54) is 18.5 Å². The topological polar surface area (TPSA) is 38.9 Å². The number of halogens is 1. The minimum Gasteiger partial charge on any atom is -0.330 e. The van der Waals surface area contributed by atoms with Gasteiger partial charge in [-0.1, -0.05) is 0 Å². The third kappa shape index (κ3) is 2.15. The minimum atomic E-state index is 0.737. The lowest BCUT2D eigenvalue weighted by Crippen LogP contribution is -2.33. The first kappa shape index (κ1) is 10.1. The summed E-state index contributed by atoms with van der Waals surface area (Å²) in [6.45, 7) is 0.835. The summed E-state index contributed by atoms with van der Waals surface area (Å²) in [5.74, 6) is 1.51. The van der Waals surface area contributed by atoms with Gasteiger partial charge in [0.15, 0.2) is 0 Å². The number of hydrogen-bond acceptors (Lipinski definition) is 2. The smallest absolute Gasteiger partial charge is 0.0413 e. The van der Waals surface area contributed by atoms with Crippen molar-refractivity contribution in [3.63, 3.8) is 0 Å². The molecule has 1 heterocycles. The predicted octanol–water partition coefficient (Wildman–Crippen LogP) is 2.37. The van der Waals surface area contributed by atoms with Gasteiger partial charge in [0.25, 0.3) is 0 Å². The zero-order valence-electron chi connectivity index (χ0n) is 8.12. The fourth-order valence-corrected chi connectivity index (χ4v) is 2.25. The Hall–Kier alpha value is -0.410. The van der Waals surface area contributed by atoms with Crippen LogP contribution in [0.15, 0.2) is 22.8 Å². The van der Waals surface area contributed by atoms with E-state index in [9.17, 15) is 0 Å². The average molecular weight is 255 g/mol. The molecule has 2 unspecified atom stereocenters. The van der Waals surface area contributed by atoms with Gasteiger partial charge < -0.3 is 5.73 Å². The molecule has 14 heavy (non-hydrogen) atoms. The molecule has 0 aliphatic heterocycles. The molecule has 1 aliphatic rings. The number of nitrogens with zero attached hydrogens (tertiary/aromatic N) is 1. The zero-order valence-corrected chi connectivity index (χ0v) is 9.70. The molecular formula is C11H15BrN2. The van der Waals surface area contributed by atoms with Gasteiger partial charge in [0.2, 0.25) is 0 Å². The molecule has 0 saturated heterocycles. The second kappa shape index (κ2) is 4.41. The molecule has 3 heteroatoms. The van der Waals surface area contributed by atoms with Crippen LogP contribution >= 0.6 is 15.9 Å². The number of pyridine rings is 1. The lowest BCUT2D eigenvalue weighted by atomic mass is 9.71. The molecule has 2 atom stereocenters. The summed E-state index contributed by atoms with van der Waals surface area (Å²) in [5, 5.41) is 0. The maximum atomic E-state index is 5.67. The van der Waals surface area contributed by atoms with Crippen LogP contribution in [0.1, 0.15) is 18.5 Å². The van der Waals surface area contributed by atoms with E-state index < -0.39 is 0 Å². The van der Waals surface area contributed by atoms with Crippen LogP contribution in [0, 0.1) is 11.8 Å². The van der Waals surface area contributed by atoms with E-state index in [1.807, 2.05) is 6.20 Å². The summed E-state index contributed by atoms with van der Waals surface area (Å²) < 4.78 is 1.05. The molecule has 1 fully saturated rings. The Bertz CT molecular complexity index is 295. The van der Waals surface area contributed by atoms with Gasteiger partial charge in [0.05, 0.1) is 0 Å². The predicted molar refractivity (Wildman–Crippen MR) is 60.9 cm³/mol. The molecule has 0 aromatic carbocycles. The monoisotopic (exact) mass is 254 g/mol. The third-order valence-corrected chi connectivity index (χ3v) is 3.61. The Balaban J connectivity index is 1.94. The lowest BCUT2D eigenvalue weighted by molar-refractivity contribution is 0.182. The van der Waals surface area contributed by atoms with E-state index in [4.69, 9.17) is 5.73 Å². The summed E-state index contributed by atoms with van der Waals surface area (Å²) in [7, 11) is 0. The van der Waals surface area contributed by atoms with Crippen molar-refractivity contribution in [1.82, 2.24) is 4.98 Å². The summed E-state index contributed by atoms with van der Waals surface area (Å²) in [6.07, 6.45) is 5.58. The van der Waals surface area contributed by atoms with Gasteiger partial charge in [0.1, 0.15) is 0 Å². The quantitative estimate of drug-likeness (QED) is 0.900. The summed E-state index contributed by atoms with van der Waals surface area (Å²) >= 11 is 3.39. The van der Waals surface area contributed by atoms with Gasteiger partial charge in [-0.25, -0.2) is 0 Å². The largest absolute Gasteiger partial charge is 0.330 e. The highest BCUT2D eigenvalue weighted by Gasteiger charge is 2.29. The Morgan fingerprint density at radius 2 is 2.14 bits per heavy atom. The SMILES string of the molecule is NCC1CCC1Cc1ccc(Br)cn1. The zero-order chi connectivity index (χ0) is 9.97. The Morgan fingerprint density at radius 1 is 1.36 bits per heavy atom. The lowest BCUT2D eigenvalue weighted by Gasteiger charge is -2.35. The van der Waals surface area contributed by atoms with Crippen LogP contribution in [-0.2, 0) is 6.42 Å². The Labute approximate surface area is 93.0 Å². The van der Waals surface area contributed by atoms with Crippen LogP contribution in [0.5, 0.6) is 0 Å². The molecule has 1 saturated carbocycles. The van der Waals surface area contributed by atoms with Crippen molar-refractivity contribution < 1.29 is 0 Å². The van der Waals surface area contributed by atoms with Crippen LogP contribution in [0.2, 0.25) is 0 Å². The van der Waals surface area contributed by atoms with Gasteiger partial charge in [-0.05, 0) is 65.7 Å². The highest BCUT2D eigenvalue weighted by Crippen LogP contribution is 2.35. The molecule has 1 aromatic heterocycles. The molecule has 2 nitrogen and oxygen atoms in total. The first-order chi connectivity index (χ1) is 6.79. The normalized spacial score (nSPS) is 25.9. The molecular weight excluding hydrogens is 240 g/mol. The van der Waals surface area contributed by atoms with E-state index in [-0.39, 0.29) is 0 Å². The maximum absolute atomic E-state index is 5.67. The van der Waals surface area contributed by atoms with E-state index in [2.05, 4.69) is 33.0 Å². The number of nitrogens with two attached hydrogens (primary N) is 1. The highest BCUT2D eigenvalue weighted by molar-refractivity contribution is 9.10. The van der Waals surface area contributed by atoms with Crippen molar-refractivity contribution in [2.45, 2.75) is 19.3 Å². The second-order valence-corrected chi connectivity index (χ2v) is 4.92. The fourth-order valence-electron chi connectivity index (χ4n) is 2.01. The van der Waals surface area contributed by atoms with Gasteiger partial charge in [-0.2, -0.15) is 0 Å². The summed E-state index contributed by atoms with van der Waals surface area (Å²) in [5.41, 5.74) is 6.87. The maximum Gasteiger partial charge on any atom is 0.0413 e. The molecule has 0 bridgehead atoms. The highest BCUT2D eigenvalue weighted by atomic mass is 79.9. The van der Waals surface area contributed by atoms with Crippen LogP contribution in [0.25, 0.3) is 0 Å². The van der Waals surface area contributed by atoms with E-state index in [0.29, 0.717) is 0 Å². The van der Waals surface area contributed by atoms with Gasteiger partial charge in [-0.15, -0.1) is 0 Å². The van der Waals surface area contributed by atoms with Crippen molar-refractivity contribution in [2.24, 2.45) is 17.6 Å². The second-order valence-electron chi connectivity index (χ2n) is 4.01. The number of aromatic nitrogens is 1. The molecule has 0 spiro atoms. The molecule has 76 valence electrons. The van der Waals surface area contributed by atoms with Crippen molar-refractivity contribution in [3.05, 3.63) is 28.5 Å².